The van der Waals surface area contributed by atoms with Crippen LogP contribution >= 0.6 is 0 Å². The van der Waals surface area contributed by atoms with E-state index in [1.165, 1.54) is 6.20 Å². The van der Waals surface area contributed by atoms with Gasteiger partial charge in [-0.25, -0.2) is 0 Å². The number of unbranched alkanes of at least 4 members (excludes halogenated alkanes) is 1. The summed E-state index contributed by atoms with van der Waals surface area (Å²) in [4.78, 5) is 41.5. The lowest BCUT2D eigenvalue weighted by Gasteiger charge is -2.11. The maximum Gasteiger partial charge on any atom is 0.267 e. The molecule has 12 nitrogen and oxygen atoms in total. The third-order valence-corrected chi connectivity index (χ3v) is 7.01. The highest BCUT2D eigenvalue weighted by Gasteiger charge is 2.11. The summed E-state index contributed by atoms with van der Waals surface area (Å²) in [5, 5.41) is 15.7. The Morgan fingerprint density at radius 3 is 2.24 bits per heavy atom. The molecular weight excluding hydrogens is 582 g/mol. The van der Waals surface area contributed by atoms with E-state index in [0.29, 0.717) is 35.6 Å². The Balaban J connectivity index is 0.000000277. The zero-order valence-electron chi connectivity index (χ0n) is 27.0. The van der Waals surface area contributed by atoms with E-state index in [-0.39, 0.29) is 17.6 Å². The molecule has 0 bridgehead atoms. The normalized spacial score (nSPS) is 10.5. The van der Waals surface area contributed by atoms with Crippen molar-refractivity contribution >= 4 is 53.2 Å². The molecule has 0 unspecified atom stereocenters. The molecule has 0 spiro atoms. The van der Waals surface area contributed by atoms with Crippen LogP contribution in [0.15, 0.2) is 67.1 Å². The molecule has 0 aliphatic heterocycles. The third-order valence-electron chi connectivity index (χ3n) is 7.01. The monoisotopic (exact) mass is 625 g/mol. The first-order chi connectivity index (χ1) is 22.0. The molecule has 0 saturated heterocycles. The minimum atomic E-state index is -0.273. The number of amidine groups is 1. The van der Waals surface area contributed by atoms with Crippen molar-refractivity contribution in [2.75, 3.05) is 43.2 Å². The van der Waals surface area contributed by atoms with Gasteiger partial charge in [0.2, 0.25) is 0 Å². The molecule has 0 fully saturated rings. The number of nitrogens with zero attached hydrogens (tertiary/aromatic N) is 4. The number of nitrogens with one attached hydrogen (secondary N) is 4. The number of aryl methyl sites for hydroxylation is 2. The van der Waals surface area contributed by atoms with Crippen LogP contribution < -0.4 is 26.6 Å². The van der Waals surface area contributed by atoms with Gasteiger partial charge in [0.25, 0.3) is 11.8 Å². The van der Waals surface area contributed by atoms with E-state index in [4.69, 9.17) is 11.1 Å². The minimum absolute atomic E-state index is 0.0816. The standard InChI is InChI=1S/C22H22N4O2.C12H21N5O/c1-25(2)20-10-5-16(6-11-20)4-8-18-9-7-17(13-23-18)22(28)24-19-12-21(15-27)26(3)14-19;1-15-9-7-10(17(2)8-9)12(18)16-6-4-3-5-11(13)14/h4-15H,1-3H3,(H,24,28);7-8,15H,3-6H2,1-2H3,(H3,13,14)(H,16,18)/b8-4+;. The molecule has 3 heterocycles. The van der Waals surface area contributed by atoms with Gasteiger partial charge < -0.3 is 35.7 Å². The van der Waals surface area contributed by atoms with Crippen molar-refractivity contribution < 1.29 is 14.4 Å². The van der Waals surface area contributed by atoms with E-state index in [1.807, 2.05) is 69.6 Å². The van der Waals surface area contributed by atoms with Gasteiger partial charge in [0.05, 0.1) is 34.2 Å². The molecule has 3 aromatic heterocycles. The van der Waals surface area contributed by atoms with Crippen LogP contribution in [0.25, 0.3) is 12.2 Å². The third kappa shape index (κ3) is 10.5. The fourth-order valence-electron chi connectivity index (χ4n) is 4.33. The van der Waals surface area contributed by atoms with Crippen LogP contribution in [0.2, 0.25) is 0 Å². The number of carbonyl (C=O) groups excluding carboxylic acids is 3. The van der Waals surface area contributed by atoms with Crippen molar-refractivity contribution in [2.45, 2.75) is 19.3 Å². The van der Waals surface area contributed by atoms with Crippen LogP contribution in [-0.4, -0.2) is 65.7 Å². The van der Waals surface area contributed by atoms with Gasteiger partial charge in [-0.3, -0.25) is 24.8 Å². The Hall–Kier alpha value is -5.65. The molecule has 2 amide bonds. The van der Waals surface area contributed by atoms with Crippen LogP contribution in [0.5, 0.6) is 0 Å². The Labute approximate surface area is 269 Å². The van der Waals surface area contributed by atoms with Gasteiger partial charge in [-0.05, 0) is 60.9 Å². The zero-order chi connectivity index (χ0) is 33.6. The van der Waals surface area contributed by atoms with Crippen LogP contribution in [0.3, 0.4) is 0 Å². The number of aldehydes is 1. The number of rotatable bonds is 13. The summed E-state index contributed by atoms with van der Waals surface area (Å²) < 4.78 is 3.44. The maximum atomic E-state index is 12.3. The Morgan fingerprint density at radius 2 is 1.67 bits per heavy atom. The predicted molar refractivity (Wildman–Crippen MR) is 186 cm³/mol. The first-order valence-electron chi connectivity index (χ1n) is 14.8. The van der Waals surface area contributed by atoms with E-state index in [2.05, 4.69) is 33.1 Å². The molecule has 0 aliphatic carbocycles. The van der Waals surface area contributed by atoms with Gasteiger partial charge in [-0.2, -0.15) is 0 Å². The molecule has 0 atom stereocenters. The van der Waals surface area contributed by atoms with Gasteiger partial charge in [-0.1, -0.05) is 18.2 Å². The SMILES string of the molecule is CN(C)c1ccc(/C=C/c2ccc(C(=O)Nc3cc(C=O)n(C)c3)cn2)cc1.CNc1cc(C(=O)NCCCCC(=N)N)n(C)c1. The molecular formula is C34H43N9O3. The Bertz CT molecular complexity index is 1650. The molecule has 6 N–H and O–H groups in total. The van der Waals surface area contributed by atoms with Crippen molar-refractivity contribution in [1.29, 1.82) is 5.41 Å². The van der Waals surface area contributed by atoms with Crippen molar-refractivity contribution in [1.82, 2.24) is 19.4 Å². The number of nitrogens with two attached hydrogens (primary N) is 1. The highest BCUT2D eigenvalue weighted by Crippen LogP contribution is 2.16. The predicted octanol–water partition coefficient (Wildman–Crippen LogP) is 4.62. The average molecular weight is 626 g/mol. The number of hydrogen-bond acceptors (Lipinski definition) is 7. The number of amides is 2. The highest BCUT2D eigenvalue weighted by molar-refractivity contribution is 6.04. The maximum absolute atomic E-state index is 12.3. The average Bonchev–Trinajstić information content (AvgIpc) is 3.60. The van der Waals surface area contributed by atoms with Crippen LogP contribution in [0.4, 0.5) is 17.1 Å². The van der Waals surface area contributed by atoms with Gasteiger partial charge in [0.15, 0.2) is 6.29 Å². The van der Waals surface area contributed by atoms with Crippen molar-refractivity contribution in [3.05, 3.63) is 95.3 Å². The summed E-state index contributed by atoms with van der Waals surface area (Å²) in [6.45, 7) is 0.603. The number of carbonyl (C=O) groups is 3. The van der Waals surface area contributed by atoms with Crippen molar-refractivity contribution in [3.8, 4) is 0 Å². The molecule has 1 aromatic carbocycles. The number of pyridine rings is 1. The molecule has 46 heavy (non-hydrogen) atoms. The molecule has 0 radical (unpaired) electrons. The topological polar surface area (TPSA) is 163 Å². The van der Waals surface area contributed by atoms with Gasteiger partial charge in [0, 0.05) is 72.5 Å². The summed E-state index contributed by atoms with van der Waals surface area (Å²) in [6.07, 6.45) is 12.0. The Kier molecular flexibility index (Phi) is 12.9. The smallest absolute Gasteiger partial charge is 0.267 e. The summed E-state index contributed by atoms with van der Waals surface area (Å²) >= 11 is 0. The minimum Gasteiger partial charge on any atom is -0.388 e. The lowest BCUT2D eigenvalue weighted by molar-refractivity contribution is 0.0944. The first-order valence-corrected chi connectivity index (χ1v) is 14.8. The molecule has 4 aromatic rings. The summed E-state index contributed by atoms with van der Waals surface area (Å²) in [7, 11) is 9.41. The molecule has 0 aliphatic rings. The summed E-state index contributed by atoms with van der Waals surface area (Å²) in [5.41, 5.74) is 11.3. The highest BCUT2D eigenvalue weighted by atomic mass is 16.2. The van der Waals surface area contributed by atoms with E-state index >= 15 is 0 Å². The summed E-state index contributed by atoms with van der Waals surface area (Å²) in [6, 6.07) is 15.1. The second-order valence-electron chi connectivity index (χ2n) is 10.8. The number of benzene rings is 1. The lowest BCUT2D eigenvalue weighted by atomic mass is 10.1. The summed E-state index contributed by atoms with van der Waals surface area (Å²) in [5.74, 6) is -0.158. The van der Waals surface area contributed by atoms with Gasteiger partial charge in [0.1, 0.15) is 5.69 Å². The quantitative estimate of drug-likeness (QED) is 0.0626. The van der Waals surface area contributed by atoms with E-state index < -0.39 is 0 Å². The fourth-order valence-corrected chi connectivity index (χ4v) is 4.33. The fraction of sp³-hybridized carbons (Fsp3) is 0.265. The van der Waals surface area contributed by atoms with E-state index in [0.717, 1.165) is 41.8 Å². The number of aromatic nitrogens is 3. The molecule has 242 valence electrons. The first kappa shape index (κ1) is 34.8. The largest absolute Gasteiger partial charge is 0.388 e. The van der Waals surface area contributed by atoms with Crippen molar-refractivity contribution in [2.24, 2.45) is 19.8 Å². The number of hydrogen-bond donors (Lipinski definition) is 5. The van der Waals surface area contributed by atoms with Crippen LogP contribution in [0, 0.1) is 5.41 Å². The Morgan fingerprint density at radius 1 is 0.957 bits per heavy atom. The van der Waals surface area contributed by atoms with Crippen molar-refractivity contribution in [3.63, 3.8) is 0 Å². The van der Waals surface area contributed by atoms with Gasteiger partial charge in [-0.15, -0.1) is 0 Å². The molecule has 12 heteroatoms. The number of anilines is 3. The van der Waals surface area contributed by atoms with Crippen LogP contribution in [0.1, 0.15) is 61.9 Å². The zero-order valence-corrected chi connectivity index (χ0v) is 27.0. The molecule has 4 rings (SSSR count). The van der Waals surface area contributed by atoms with E-state index in [1.54, 1.807) is 40.6 Å². The van der Waals surface area contributed by atoms with Crippen LogP contribution in [-0.2, 0) is 14.1 Å². The van der Waals surface area contributed by atoms with E-state index in [9.17, 15) is 14.4 Å². The lowest BCUT2D eigenvalue weighted by Crippen LogP contribution is -2.26. The second kappa shape index (κ2) is 17.0. The second-order valence-corrected chi connectivity index (χ2v) is 10.8. The van der Waals surface area contributed by atoms with Gasteiger partial charge >= 0.3 is 0 Å². The molecule has 0 saturated carbocycles.